The van der Waals surface area contributed by atoms with E-state index >= 15 is 0 Å². The van der Waals surface area contributed by atoms with Crippen molar-refractivity contribution >= 4 is 23.2 Å². The molecule has 29 heavy (non-hydrogen) atoms. The van der Waals surface area contributed by atoms with Crippen LogP contribution >= 0.6 is 0 Å². The number of fused-ring (bicyclic) bond motifs is 1. The quantitative estimate of drug-likeness (QED) is 0.664. The summed E-state index contributed by atoms with van der Waals surface area (Å²) >= 11 is 0. The fourth-order valence-electron chi connectivity index (χ4n) is 2.70. The Morgan fingerprint density at radius 1 is 0.966 bits per heavy atom. The number of amides is 1. The van der Waals surface area contributed by atoms with Crippen molar-refractivity contribution in [1.82, 2.24) is 10.2 Å². The molecule has 0 aliphatic carbocycles. The van der Waals surface area contributed by atoms with Gasteiger partial charge in [0.1, 0.15) is 19.0 Å². The van der Waals surface area contributed by atoms with E-state index in [4.69, 9.17) is 14.2 Å². The summed E-state index contributed by atoms with van der Waals surface area (Å²) in [5, 5.41) is 13.9. The van der Waals surface area contributed by atoms with Crippen LogP contribution in [-0.4, -0.2) is 35.9 Å². The van der Waals surface area contributed by atoms with Gasteiger partial charge in [-0.2, -0.15) is 0 Å². The van der Waals surface area contributed by atoms with Crippen LogP contribution in [0.1, 0.15) is 5.56 Å². The maximum atomic E-state index is 12.0. The van der Waals surface area contributed by atoms with E-state index < -0.39 is 0 Å². The van der Waals surface area contributed by atoms with E-state index in [1.165, 1.54) is 0 Å². The molecule has 0 saturated carbocycles. The van der Waals surface area contributed by atoms with E-state index in [1.54, 1.807) is 12.1 Å². The Morgan fingerprint density at radius 3 is 2.45 bits per heavy atom. The smallest absolute Gasteiger partial charge is 0.263 e. The Bertz CT molecular complexity index is 991. The molecular formula is C21H20N4O4. The van der Waals surface area contributed by atoms with Crippen LogP contribution in [0.3, 0.4) is 0 Å². The molecule has 4 rings (SSSR count). The van der Waals surface area contributed by atoms with Gasteiger partial charge >= 0.3 is 0 Å². The van der Waals surface area contributed by atoms with E-state index in [2.05, 4.69) is 20.8 Å². The third-order valence-electron chi connectivity index (χ3n) is 4.14. The van der Waals surface area contributed by atoms with Crippen molar-refractivity contribution in [2.24, 2.45) is 0 Å². The molecule has 0 spiro atoms. The largest absolute Gasteiger partial charge is 0.486 e. The summed E-state index contributed by atoms with van der Waals surface area (Å²) in [5.41, 5.74) is 1.92. The fourth-order valence-corrected chi connectivity index (χ4v) is 2.70. The summed E-state index contributed by atoms with van der Waals surface area (Å²) in [6.07, 6.45) is 0. The van der Waals surface area contributed by atoms with Gasteiger partial charge in [-0.15, -0.1) is 10.2 Å². The molecule has 2 aromatic carbocycles. The molecule has 2 N–H and O–H groups in total. The topological polar surface area (TPSA) is 94.6 Å². The first-order valence-corrected chi connectivity index (χ1v) is 9.15. The molecule has 0 fully saturated rings. The highest BCUT2D eigenvalue weighted by Crippen LogP contribution is 2.33. The highest BCUT2D eigenvalue weighted by Gasteiger charge is 2.12. The zero-order valence-corrected chi connectivity index (χ0v) is 15.8. The van der Waals surface area contributed by atoms with Crippen LogP contribution in [0.25, 0.3) is 0 Å². The summed E-state index contributed by atoms with van der Waals surface area (Å²) in [4.78, 5) is 12.0. The van der Waals surface area contributed by atoms with Gasteiger partial charge in [0.05, 0.1) is 0 Å². The highest BCUT2D eigenvalue weighted by atomic mass is 16.6. The molecule has 1 aromatic heterocycles. The lowest BCUT2D eigenvalue weighted by Crippen LogP contribution is -2.21. The Labute approximate surface area is 167 Å². The lowest BCUT2D eigenvalue weighted by Gasteiger charge is -2.19. The number of carbonyl (C=O) groups is 1. The van der Waals surface area contributed by atoms with Crippen LogP contribution in [-0.2, 0) is 4.79 Å². The predicted octanol–water partition coefficient (Wildman–Crippen LogP) is 3.32. The molecule has 0 bridgehead atoms. The highest BCUT2D eigenvalue weighted by molar-refractivity contribution is 5.90. The van der Waals surface area contributed by atoms with Crippen molar-refractivity contribution in [1.29, 1.82) is 0 Å². The van der Waals surface area contributed by atoms with Gasteiger partial charge in [-0.25, -0.2) is 0 Å². The Kier molecular flexibility index (Phi) is 5.42. The first-order valence-electron chi connectivity index (χ1n) is 9.15. The molecule has 0 radical (unpaired) electrons. The van der Waals surface area contributed by atoms with Crippen molar-refractivity contribution in [3.63, 3.8) is 0 Å². The van der Waals surface area contributed by atoms with Crippen LogP contribution in [0.15, 0.2) is 54.6 Å². The third kappa shape index (κ3) is 4.92. The van der Waals surface area contributed by atoms with Gasteiger partial charge in [0.15, 0.2) is 29.7 Å². The number of hydrogen-bond acceptors (Lipinski definition) is 7. The maximum absolute atomic E-state index is 12.0. The average Bonchev–Trinajstić information content (AvgIpc) is 2.75. The summed E-state index contributed by atoms with van der Waals surface area (Å²) in [6, 6.07) is 16.4. The van der Waals surface area contributed by atoms with Crippen molar-refractivity contribution < 1.29 is 19.0 Å². The van der Waals surface area contributed by atoms with E-state index in [-0.39, 0.29) is 12.5 Å². The number of ether oxygens (including phenoxy) is 3. The minimum absolute atomic E-state index is 0.109. The van der Waals surface area contributed by atoms with Gasteiger partial charge in [0.2, 0.25) is 0 Å². The minimum atomic E-state index is -0.313. The van der Waals surface area contributed by atoms with Gasteiger partial charge in [0, 0.05) is 11.8 Å². The molecule has 8 nitrogen and oxygen atoms in total. The maximum Gasteiger partial charge on any atom is 0.263 e. The van der Waals surface area contributed by atoms with Crippen molar-refractivity contribution in [2.75, 3.05) is 30.5 Å². The first kappa shape index (κ1) is 18.5. The first-order chi connectivity index (χ1) is 14.2. The number of anilines is 3. The van der Waals surface area contributed by atoms with E-state index in [0.717, 1.165) is 17.0 Å². The standard InChI is InChI=1S/C21H20N4O4/c1-14-2-5-16(6-3-14)29-13-21(26)23-20-9-8-19(24-25-20)22-15-4-7-17-18(12-15)28-11-10-27-17/h2-9,12H,10-11,13H2,1H3,(H,22,24)(H,23,25,26). The Balaban J connectivity index is 1.30. The number of nitrogens with one attached hydrogen (secondary N) is 2. The molecule has 2 heterocycles. The average molecular weight is 392 g/mol. The lowest BCUT2D eigenvalue weighted by molar-refractivity contribution is -0.118. The third-order valence-corrected chi connectivity index (χ3v) is 4.14. The normalized spacial score (nSPS) is 12.2. The van der Waals surface area contributed by atoms with Gasteiger partial charge < -0.3 is 24.8 Å². The van der Waals surface area contributed by atoms with Gasteiger partial charge in [-0.3, -0.25) is 4.79 Å². The molecule has 0 unspecified atom stereocenters. The van der Waals surface area contributed by atoms with Crippen molar-refractivity contribution in [3.05, 3.63) is 60.2 Å². The molecular weight excluding hydrogens is 372 g/mol. The minimum Gasteiger partial charge on any atom is -0.486 e. The van der Waals surface area contributed by atoms with E-state index in [9.17, 15) is 4.79 Å². The molecule has 1 aliphatic heterocycles. The molecule has 0 saturated heterocycles. The zero-order chi connectivity index (χ0) is 20.1. The van der Waals surface area contributed by atoms with Gasteiger partial charge in [-0.05, 0) is 43.3 Å². The number of aromatic nitrogens is 2. The van der Waals surface area contributed by atoms with Crippen LogP contribution in [0.4, 0.5) is 17.3 Å². The van der Waals surface area contributed by atoms with Crippen molar-refractivity contribution in [3.8, 4) is 17.2 Å². The number of nitrogens with zero attached hydrogens (tertiary/aromatic N) is 2. The molecule has 0 atom stereocenters. The Hall–Kier alpha value is -3.81. The number of hydrogen-bond donors (Lipinski definition) is 2. The predicted molar refractivity (Wildman–Crippen MR) is 108 cm³/mol. The summed E-state index contributed by atoms with van der Waals surface area (Å²) < 4.78 is 16.5. The molecule has 8 heteroatoms. The molecule has 1 amide bonds. The molecule has 3 aromatic rings. The van der Waals surface area contributed by atoms with Crippen LogP contribution < -0.4 is 24.8 Å². The van der Waals surface area contributed by atoms with Crippen LogP contribution in [0, 0.1) is 6.92 Å². The summed E-state index contributed by atoms with van der Waals surface area (Å²) in [5.74, 6) is 2.61. The second-order valence-corrected chi connectivity index (χ2v) is 6.44. The van der Waals surface area contributed by atoms with Crippen LogP contribution in [0.5, 0.6) is 17.2 Å². The molecule has 148 valence electrons. The number of benzene rings is 2. The lowest BCUT2D eigenvalue weighted by atomic mass is 10.2. The monoisotopic (exact) mass is 392 g/mol. The second kappa shape index (κ2) is 8.47. The fraction of sp³-hybridized carbons (Fsp3) is 0.190. The van der Waals surface area contributed by atoms with Gasteiger partial charge in [0.25, 0.3) is 5.91 Å². The summed E-state index contributed by atoms with van der Waals surface area (Å²) in [7, 11) is 0. The number of rotatable bonds is 6. The zero-order valence-electron chi connectivity index (χ0n) is 15.8. The van der Waals surface area contributed by atoms with Gasteiger partial charge in [-0.1, -0.05) is 17.7 Å². The second-order valence-electron chi connectivity index (χ2n) is 6.44. The van der Waals surface area contributed by atoms with E-state index in [1.807, 2.05) is 49.4 Å². The number of aryl methyl sites for hydroxylation is 1. The SMILES string of the molecule is Cc1ccc(OCC(=O)Nc2ccc(Nc3ccc4c(c3)OCCO4)nn2)cc1. The number of carbonyl (C=O) groups excluding carboxylic acids is 1. The Morgan fingerprint density at radius 2 is 1.69 bits per heavy atom. The van der Waals surface area contributed by atoms with Crippen molar-refractivity contribution in [2.45, 2.75) is 6.92 Å². The summed E-state index contributed by atoms with van der Waals surface area (Å²) in [6.45, 7) is 2.95. The van der Waals surface area contributed by atoms with E-state index in [0.29, 0.717) is 36.3 Å². The molecule has 1 aliphatic rings. The van der Waals surface area contributed by atoms with Crippen LogP contribution in [0.2, 0.25) is 0 Å².